The lowest BCUT2D eigenvalue weighted by Gasteiger charge is -2.27. The molecule has 12 rings (SSSR count). The second-order valence-corrected chi connectivity index (χ2v) is 25.1. The highest BCUT2D eigenvalue weighted by Crippen LogP contribution is 2.63. The van der Waals surface area contributed by atoms with Gasteiger partial charge in [-0.1, -0.05) is 39.5 Å². The highest BCUT2D eigenvalue weighted by atomic mass is 16.2. The van der Waals surface area contributed by atoms with Crippen molar-refractivity contribution in [1.29, 1.82) is 0 Å². The van der Waals surface area contributed by atoms with Gasteiger partial charge >= 0.3 is 0 Å². The minimum Gasteiger partial charge on any atom is -0.337 e. The molecule has 2 aliphatic carbocycles. The quantitative estimate of drug-likeness (QED) is 0.130. The molecule has 4 fully saturated rings. The number of hydrogen-bond acceptors (Lipinski definition) is 13. The average molecular weight is 1140 g/mol. The molecule has 17 nitrogen and oxygen atoms in total. The van der Waals surface area contributed by atoms with Gasteiger partial charge in [-0.05, 0) is 155 Å². The smallest absolute Gasteiger partial charge is 0.245 e. The monoisotopic (exact) mass is 1140 g/mol. The van der Waals surface area contributed by atoms with Crippen molar-refractivity contribution in [3.05, 3.63) is 89.3 Å². The minimum atomic E-state index is -0.461. The summed E-state index contributed by atoms with van der Waals surface area (Å²) in [6.07, 6.45) is 25.6. The van der Waals surface area contributed by atoms with Crippen LogP contribution in [0.5, 0.6) is 0 Å². The molecule has 6 aromatic rings. The highest BCUT2D eigenvalue weighted by Gasteiger charge is 2.67. The van der Waals surface area contributed by atoms with E-state index in [1.165, 1.54) is 6.92 Å². The molecule has 4 aromatic heterocycles. The number of benzene rings is 2. The van der Waals surface area contributed by atoms with Gasteiger partial charge in [-0.15, -0.1) is 0 Å². The Bertz CT molecular complexity index is 3380. The van der Waals surface area contributed by atoms with E-state index in [-0.39, 0.29) is 76.7 Å². The molecule has 2 aromatic carbocycles. The summed E-state index contributed by atoms with van der Waals surface area (Å²) in [6, 6.07) is 7.32. The summed E-state index contributed by atoms with van der Waals surface area (Å²) in [5.74, 6) is 1.65. The van der Waals surface area contributed by atoms with Crippen molar-refractivity contribution in [1.82, 2.24) is 44.1 Å². The molecule has 4 aliphatic heterocycles. The van der Waals surface area contributed by atoms with Crippen LogP contribution in [0, 0.1) is 24.7 Å². The third-order valence-corrected chi connectivity index (χ3v) is 19.5. The van der Waals surface area contributed by atoms with E-state index in [2.05, 4.69) is 32.1 Å². The fraction of sp³-hybridized carbons (Fsp3) is 0.537. The predicted octanol–water partition coefficient (Wildman–Crippen LogP) is 11.0. The van der Waals surface area contributed by atoms with Crippen molar-refractivity contribution in [2.75, 3.05) is 0 Å². The van der Waals surface area contributed by atoms with Gasteiger partial charge in [0.2, 0.25) is 11.8 Å². The molecule has 2 saturated carbocycles. The molecule has 84 heavy (non-hydrogen) atoms. The summed E-state index contributed by atoms with van der Waals surface area (Å²) in [7, 11) is 0. The van der Waals surface area contributed by atoms with Crippen LogP contribution in [0.2, 0.25) is 0 Å². The molecule has 440 valence electrons. The number of piperidine rings is 2. The van der Waals surface area contributed by atoms with Crippen molar-refractivity contribution < 1.29 is 38.4 Å². The van der Waals surface area contributed by atoms with Gasteiger partial charge in [0, 0.05) is 116 Å². The first-order valence-electron chi connectivity index (χ1n) is 30.9. The van der Waals surface area contributed by atoms with Gasteiger partial charge < -0.3 is 14.4 Å². The normalized spacial score (nSPS) is 24.9. The molecule has 6 aliphatic rings. The SMILES string of the molecule is CCC(=O)[C@@H]1C[C@]23CCC(=O)CCCCCCc4cc(-c5cnc(C)nc5)cc5c(C(C)=O)cn(c45)CC(=O)N1[C@@H]2C3.CCC(=O)[C@@H]1C[C@]23CCC(=O)CCCCCCc4cc(-c5cnc(C)nc5)cc5c(C(C)=O)nn(c45)CC(=O)N1[C@@H]2C3. The minimum absolute atomic E-state index is 0.00991. The number of amides is 2. The summed E-state index contributed by atoms with van der Waals surface area (Å²) in [5.41, 5.74) is 8.03. The third kappa shape index (κ3) is 11.6. The number of nitrogens with zero attached hydrogens (tertiary/aromatic N) is 9. The second-order valence-electron chi connectivity index (χ2n) is 25.1. The van der Waals surface area contributed by atoms with Crippen molar-refractivity contribution in [3.63, 3.8) is 0 Å². The molecule has 4 bridgehead atoms. The summed E-state index contributed by atoms with van der Waals surface area (Å²) >= 11 is 0. The maximum absolute atomic E-state index is 14.1. The first kappa shape index (κ1) is 58.3. The Balaban J connectivity index is 0.000000175. The Morgan fingerprint density at radius 3 is 1.44 bits per heavy atom. The van der Waals surface area contributed by atoms with Gasteiger partial charge in [-0.3, -0.25) is 43.0 Å². The molecule has 6 atom stereocenters. The van der Waals surface area contributed by atoms with Gasteiger partial charge in [-0.25, -0.2) is 19.9 Å². The first-order chi connectivity index (χ1) is 40.4. The van der Waals surface area contributed by atoms with Crippen molar-refractivity contribution in [3.8, 4) is 22.3 Å². The Hall–Kier alpha value is -7.43. The van der Waals surface area contributed by atoms with E-state index < -0.39 is 12.1 Å². The van der Waals surface area contributed by atoms with Crippen LogP contribution in [0.15, 0.2) is 55.2 Å². The summed E-state index contributed by atoms with van der Waals surface area (Å²) in [6.45, 7) is 10.5. The molecule has 2 amide bonds. The fourth-order valence-electron chi connectivity index (χ4n) is 14.7. The fourth-order valence-corrected chi connectivity index (χ4v) is 14.7. The molecule has 0 N–H and O–H groups in total. The van der Waals surface area contributed by atoms with Crippen LogP contribution < -0.4 is 0 Å². The largest absolute Gasteiger partial charge is 0.337 e. The molecule has 8 heterocycles. The summed E-state index contributed by atoms with van der Waals surface area (Å²) < 4.78 is 3.63. The van der Waals surface area contributed by atoms with E-state index in [0.29, 0.717) is 80.1 Å². The zero-order chi connectivity index (χ0) is 59.2. The van der Waals surface area contributed by atoms with E-state index in [1.807, 2.05) is 55.5 Å². The number of aryl methyl sites for hydroxylation is 4. The van der Waals surface area contributed by atoms with Gasteiger partial charge in [0.15, 0.2) is 23.1 Å². The number of hydrogen-bond donors (Lipinski definition) is 0. The zero-order valence-electron chi connectivity index (χ0n) is 49.8. The second kappa shape index (κ2) is 23.9. The Kier molecular flexibility index (Phi) is 16.6. The zero-order valence-corrected chi connectivity index (χ0v) is 49.8. The Labute approximate surface area is 491 Å². The lowest BCUT2D eigenvalue weighted by atomic mass is 9.90. The van der Waals surface area contributed by atoms with Crippen LogP contribution in [0.4, 0.5) is 0 Å². The van der Waals surface area contributed by atoms with Gasteiger partial charge in [-0.2, -0.15) is 5.10 Å². The van der Waals surface area contributed by atoms with Crippen LogP contribution in [-0.4, -0.2) is 115 Å². The maximum Gasteiger partial charge on any atom is 0.245 e. The summed E-state index contributed by atoms with van der Waals surface area (Å²) in [5, 5.41) is 6.26. The van der Waals surface area contributed by atoms with Crippen LogP contribution in [0.25, 0.3) is 44.1 Å². The number of carbonyl (C=O) groups is 8. The molecule has 0 spiro atoms. The topological polar surface area (TPSA) is 217 Å². The van der Waals surface area contributed by atoms with Crippen LogP contribution in [0.1, 0.15) is 200 Å². The molecule has 0 unspecified atom stereocenters. The summed E-state index contributed by atoms with van der Waals surface area (Å²) in [4.78, 5) is 127. The van der Waals surface area contributed by atoms with Crippen molar-refractivity contribution in [2.45, 2.75) is 220 Å². The van der Waals surface area contributed by atoms with E-state index in [0.717, 1.165) is 145 Å². The number of ketones is 6. The Morgan fingerprint density at radius 1 is 0.524 bits per heavy atom. The van der Waals surface area contributed by atoms with Crippen LogP contribution >= 0.6 is 0 Å². The Morgan fingerprint density at radius 2 is 0.976 bits per heavy atom. The van der Waals surface area contributed by atoms with E-state index in [9.17, 15) is 38.4 Å². The first-order valence-corrected chi connectivity index (χ1v) is 30.9. The van der Waals surface area contributed by atoms with Crippen molar-refractivity contribution >= 4 is 68.3 Å². The molecule has 0 radical (unpaired) electrons. The lowest BCUT2D eigenvalue weighted by molar-refractivity contribution is -0.139. The van der Waals surface area contributed by atoms with Gasteiger partial charge in [0.05, 0.1) is 23.1 Å². The number of rotatable bonds is 8. The third-order valence-electron chi connectivity index (χ3n) is 19.5. The molecular formula is C67H79N9O8. The highest BCUT2D eigenvalue weighted by molar-refractivity contribution is 6.09. The van der Waals surface area contributed by atoms with E-state index >= 15 is 0 Å². The predicted molar refractivity (Wildman–Crippen MR) is 318 cm³/mol. The van der Waals surface area contributed by atoms with Crippen LogP contribution in [-0.2, 0) is 54.7 Å². The maximum atomic E-state index is 14.1. The van der Waals surface area contributed by atoms with E-state index in [1.54, 1.807) is 41.3 Å². The average Bonchev–Trinajstić information content (AvgIpc) is 1.75. The number of carbonyl (C=O) groups excluding carboxylic acids is 8. The van der Waals surface area contributed by atoms with Gasteiger partial charge in [0.25, 0.3) is 0 Å². The number of Topliss-reactive ketones (excluding diaryl/α,β-unsaturated/α-hetero) is 6. The number of aromatic nitrogens is 7. The standard InChI is InChI=1S/C34H40N4O4.C33H39N5O4/c1-4-30(41)29-15-34-12-11-26(40)10-8-6-5-7-9-23-13-24(25-17-35-22(3)36-18-25)14-27-28(21(2)39)19-37(33(23)27)20-32(42)38(29)31(34)16-34;1-4-28(41)27-15-33-12-11-25(40)10-8-6-5-7-9-22-13-23(24-17-34-21(3)35-18-24)14-26-31(20(2)39)36-37(32(22)26)19-30(42)38(27)29(33)16-33/h13-14,17-19,29,31H,4-12,15-16,20H2,1-3H3;13-14,17-18,27,29H,4-12,15-16,19H2,1-3H3/t29-,31+,34-;27-,29+,33-/m00/s1. The molecule has 17 heteroatoms. The molecule has 2 saturated heterocycles. The lowest BCUT2D eigenvalue weighted by Crippen LogP contribution is -2.44. The van der Waals surface area contributed by atoms with Gasteiger partial charge in [0.1, 0.15) is 42.0 Å². The molecular weight excluding hydrogens is 1060 g/mol. The van der Waals surface area contributed by atoms with Crippen LogP contribution in [0.3, 0.4) is 0 Å². The van der Waals surface area contributed by atoms with E-state index in [4.69, 9.17) is 5.10 Å². The van der Waals surface area contributed by atoms with Crippen molar-refractivity contribution in [2.24, 2.45) is 10.8 Å².